The molecule has 1 aromatic carbocycles. The van der Waals surface area contributed by atoms with Gasteiger partial charge in [0.1, 0.15) is 0 Å². The van der Waals surface area contributed by atoms with Gasteiger partial charge in [-0.25, -0.2) is 0 Å². The van der Waals surface area contributed by atoms with Gasteiger partial charge >= 0.3 is 0 Å². The van der Waals surface area contributed by atoms with Gasteiger partial charge in [-0.2, -0.15) is 0 Å². The summed E-state index contributed by atoms with van der Waals surface area (Å²) in [6, 6.07) is 6.22. The van der Waals surface area contributed by atoms with E-state index in [4.69, 9.17) is 23.2 Å². The molecule has 0 aromatic heterocycles. The van der Waals surface area contributed by atoms with Gasteiger partial charge < -0.3 is 5.32 Å². The van der Waals surface area contributed by atoms with Crippen LogP contribution in [0.2, 0.25) is 10.0 Å². The predicted molar refractivity (Wildman–Crippen MR) is 72.5 cm³/mol. The molecule has 3 heteroatoms. The highest BCUT2D eigenvalue weighted by Gasteiger charge is 2.09. The summed E-state index contributed by atoms with van der Waals surface area (Å²) in [7, 11) is 0. The summed E-state index contributed by atoms with van der Waals surface area (Å²) in [5.74, 6) is 0. The average molecular weight is 260 g/mol. The number of rotatable bonds is 6. The second-order valence-electron chi connectivity index (χ2n) is 4.00. The van der Waals surface area contributed by atoms with Crippen molar-refractivity contribution in [1.82, 2.24) is 5.32 Å². The minimum atomic E-state index is 0.499. The molecule has 1 nitrogen and oxygen atoms in total. The Morgan fingerprint density at radius 3 is 2.56 bits per heavy atom. The van der Waals surface area contributed by atoms with Gasteiger partial charge in [0.2, 0.25) is 0 Å². The third-order valence-electron chi connectivity index (χ3n) is 2.66. The lowest BCUT2D eigenvalue weighted by atomic mass is 10.0. The number of nitrogens with one attached hydrogen (secondary N) is 1. The van der Waals surface area contributed by atoms with Crippen LogP contribution in [0.4, 0.5) is 0 Å². The molecule has 1 rings (SSSR count). The number of hydrogen-bond donors (Lipinski definition) is 1. The molecule has 0 saturated heterocycles. The van der Waals surface area contributed by atoms with Crippen molar-refractivity contribution in [1.29, 1.82) is 0 Å². The first kappa shape index (κ1) is 13.8. The standard InChI is InChI=1S/C13H19Cl2N/c1-3-7-16-12(4-2)8-10-5-6-11(14)9-13(10)15/h5-6,9,12,16H,3-4,7-8H2,1-2H3. The van der Waals surface area contributed by atoms with Crippen molar-refractivity contribution in [2.24, 2.45) is 0 Å². The highest BCUT2D eigenvalue weighted by atomic mass is 35.5. The van der Waals surface area contributed by atoms with E-state index in [9.17, 15) is 0 Å². The van der Waals surface area contributed by atoms with Gasteiger partial charge in [0.15, 0.2) is 0 Å². The number of halogens is 2. The van der Waals surface area contributed by atoms with Crippen molar-refractivity contribution < 1.29 is 0 Å². The zero-order valence-electron chi connectivity index (χ0n) is 9.89. The Labute approximate surface area is 108 Å². The van der Waals surface area contributed by atoms with Gasteiger partial charge in [-0.05, 0) is 43.5 Å². The summed E-state index contributed by atoms with van der Waals surface area (Å²) in [4.78, 5) is 0. The fraction of sp³-hybridized carbons (Fsp3) is 0.538. The van der Waals surface area contributed by atoms with Gasteiger partial charge in [-0.15, -0.1) is 0 Å². The van der Waals surface area contributed by atoms with Crippen molar-refractivity contribution >= 4 is 23.2 Å². The van der Waals surface area contributed by atoms with E-state index >= 15 is 0 Å². The summed E-state index contributed by atoms with van der Waals surface area (Å²) in [5.41, 5.74) is 1.17. The lowest BCUT2D eigenvalue weighted by molar-refractivity contribution is 0.495. The topological polar surface area (TPSA) is 12.0 Å². The lowest BCUT2D eigenvalue weighted by Gasteiger charge is -2.17. The molecule has 0 aliphatic carbocycles. The summed E-state index contributed by atoms with van der Waals surface area (Å²) >= 11 is 12.0. The molecule has 0 spiro atoms. The first-order valence-electron chi connectivity index (χ1n) is 5.84. The Bertz CT molecular complexity index is 326. The molecule has 0 heterocycles. The maximum atomic E-state index is 6.15. The maximum Gasteiger partial charge on any atom is 0.0453 e. The minimum Gasteiger partial charge on any atom is -0.314 e. The average Bonchev–Trinajstić information content (AvgIpc) is 2.27. The van der Waals surface area contributed by atoms with Crippen molar-refractivity contribution in [2.75, 3.05) is 6.54 Å². The molecule has 0 aliphatic heterocycles. The predicted octanol–water partition coefficient (Wildman–Crippen LogP) is 4.31. The molecule has 1 N–H and O–H groups in total. The van der Waals surface area contributed by atoms with Crippen LogP contribution in [0.1, 0.15) is 32.3 Å². The van der Waals surface area contributed by atoms with Gasteiger partial charge in [0.05, 0.1) is 0 Å². The van der Waals surface area contributed by atoms with Crippen LogP contribution in [-0.2, 0) is 6.42 Å². The molecule has 0 amide bonds. The van der Waals surface area contributed by atoms with E-state index in [1.165, 1.54) is 5.56 Å². The molecular weight excluding hydrogens is 241 g/mol. The van der Waals surface area contributed by atoms with Gasteiger partial charge in [-0.3, -0.25) is 0 Å². The third-order valence-corrected chi connectivity index (χ3v) is 3.24. The van der Waals surface area contributed by atoms with E-state index < -0.39 is 0 Å². The smallest absolute Gasteiger partial charge is 0.0453 e. The highest BCUT2D eigenvalue weighted by Crippen LogP contribution is 2.22. The Hall–Kier alpha value is -0.240. The van der Waals surface area contributed by atoms with Crippen molar-refractivity contribution in [3.63, 3.8) is 0 Å². The van der Waals surface area contributed by atoms with Crippen LogP contribution in [-0.4, -0.2) is 12.6 Å². The lowest BCUT2D eigenvalue weighted by Crippen LogP contribution is -2.31. The summed E-state index contributed by atoms with van der Waals surface area (Å²) in [5, 5.41) is 4.98. The molecule has 0 saturated carbocycles. The molecule has 0 radical (unpaired) electrons. The number of hydrogen-bond acceptors (Lipinski definition) is 1. The Morgan fingerprint density at radius 2 is 2.00 bits per heavy atom. The second kappa shape index (κ2) is 7.16. The van der Waals surface area contributed by atoms with Crippen molar-refractivity contribution in [2.45, 2.75) is 39.2 Å². The normalized spacial score (nSPS) is 12.8. The van der Waals surface area contributed by atoms with Gasteiger partial charge in [0.25, 0.3) is 0 Å². The minimum absolute atomic E-state index is 0.499. The van der Waals surface area contributed by atoms with E-state index in [0.717, 1.165) is 30.8 Å². The Balaban J connectivity index is 2.62. The van der Waals surface area contributed by atoms with Crippen LogP contribution in [0.25, 0.3) is 0 Å². The van der Waals surface area contributed by atoms with E-state index in [1.54, 1.807) is 0 Å². The van der Waals surface area contributed by atoms with Crippen molar-refractivity contribution in [3.8, 4) is 0 Å². The van der Waals surface area contributed by atoms with Crippen LogP contribution in [0.15, 0.2) is 18.2 Å². The van der Waals surface area contributed by atoms with Crippen molar-refractivity contribution in [3.05, 3.63) is 33.8 Å². The first-order chi connectivity index (χ1) is 7.67. The van der Waals surface area contributed by atoms with E-state index in [1.807, 2.05) is 18.2 Å². The largest absolute Gasteiger partial charge is 0.314 e. The van der Waals surface area contributed by atoms with Crippen LogP contribution < -0.4 is 5.32 Å². The Kier molecular flexibility index (Phi) is 6.18. The van der Waals surface area contributed by atoms with Crippen LogP contribution in [0, 0.1) is 0 Å². The highest BCUT2D eigenvalue weighted by molar-refractivity contribution is 6.35. The quantitative estimate of drug-likeness (QED) is 0.803. The first-order valence-corrected chi connectivity index (χ1v) is 6.60. The van der Waals surface area contributed by atoms with Crippen LogP contribution >= 0.6 is 23.2 Å². The molecule has 0 fully saturated rings. The zero-order chi connectivity index (χ0) is 12.0. The third kappa shape index (κ3) is 4.32. The monoisotopic (exact) mass is 259 g/mol. The summed E-state index contributed by atoms with van der Waals surface area (Å²) in [6.45, 7) is 5.43. The number of benzene rings is 1. The molecule has 0 aliphatic rings. The molecule has 90 valence electrons. The summed E-state index contributed by atoms with van der Waals surface area (Å²) < 4.78 is 0. The molecule has 1 aromatic rings. The van der Waals surface area contributed by atoms with E-state index in [2.05, 4.69) is 19.2 Å². The molecule has 1 atom stereocenters. The van der Waals surface area contributed by atoms with E-state index in [-0.39, 0.29) is 0 Å². The fourth-order valence-electron chi connectivity index (χ4n) is 1.66. The van der Waals surface area contributed by atoms with Gasteiger partial charge in [-0.1, -0.05) is 43.1 Å². The second-order valence-corrected chi connectivity index (χ2v) is 4.84. The zero-order valence-corrected chi connectivity index (χ0v) is 11.4. The maximum absolute atomic E-state index is 6.15. The molecule has 0 bridgehead atoms. The molecule has 16 heavy (non-hydrogen) atoms. The van der Waals surface area contributed by atoms with E-state index in [0.29, 0.717) is 11.1 Å². The molecular formula is C13H19Cl2N. The SMILES string of the molecule is CCCNC(CC)Cc1ccc(Cl)cc1Cl. The van der Waals surface area contributed by atoms with Gasteiger partial charge in [0, 0.05) is 16.1 Å². The Morgan fingerprint density at radius 1 is 1.25 bits per heavy atom. The fourth-order valence-corrected chi connectivity index (χ4v) is 2.15. The summed E-state index contributed by atoms with van der Waals surface area (Å²) in [6.07, 6.45) is 3.23. The van der Waals surface area contributed by atoms with Crippen LogP contribution in [0.5, 0.6) is 0 Å². The van der Waals surface area contributed by atoms with Crippen LogP contribution in [0.3, 0.4) is 0 Å². The molecule has 1 unspecified atom stereocenters.